The van der Waals surface area contributed by atoms with Crippen LogP contribution >= 0.6 is 0 Å². The van der Waals surface area contributed by atoms with Crippen LogP contribution in [0.2, 0.25) is 0 Å². The molecule has 3 nitrogen and oxygen atoms in total. The minimum Gasteiger partial charge on any atom is -0.504 e. The van der Waals surface area contributed by atoms with Gasteiger partial charge in [0.2, 0.25) is 0 Å². The average Bonchev–Trinajstić information content (AvgIpc) is 2.24. The van der Waals surface area contributed by atoms with Gasteiger partial charge in [-0.2, -0.15) is 0 Å². The van der Waals surface area contributed by atoms with Crippen LogP contribution in [0.1, 0.15) is 25.3 Å². The lowest BCUT2D eigenvalue weighted by Crippen LogP contribution is -2.39. The van der Waals surface area contributed by atoms with E-state index in [1.165, 1.54) is 12.8 Å². The van der Waals surface area contributed by atoms with Crippen LogP contribution in [-0.2, 0) is 6.54 Å². The summed E-state index contributed by atoms with van der Waals surface area (Å²) in [4.78, 5) is 0. The topological polar surface area (TPSA) is 41.5 Å². The number of nitrogens with one attached hydrogen (secondary N) is 1. The summed E-state index contributed by atoms with van der Waals surface area (Å²) in [5.74, 6) is 1.61. The second kappa shape index (κ2) is 4.74. The summed E-state index contributed by atoms with van der Waals surface area (Å²) >= 11 is 0. The van der Waals surface area contributed by atoms with Gasteiger partial charge in [0.05, 0.1) is 7.11 Å². The van der Waals surface area contributed by atoms with Crippen LogP contribution in [0.3, 0.4) is 0 Å². The zero-order valence-electron chi connectivity index (χ0n) is 9.86. The molecule has 0 atom stereocenters. The Hall–Kier alpha value is -1.22. The molecule has 3 heteroatoms. The largest absolute Gasteiger partial charge is 0.504 e. The summed E-state index contributed by atoms with van der Waals surface area (Å²) in [6.45, 7) is 3.12. The van der Waals surface area contributed by atoms with Crippen molar-refractivity contribution in [3.63, 3.8) is 0 Å². The SMILES string of the molecule is COc1cc(CNC2CC(C)C2)ccc1O. The molecule has 0 aliphatic heterocycles. The smallest absolute Gasteiger partial charge is 0.160 e. The molecule has 88 valence electrons. The first-order valence-corrected chi connectivity index (χ1v) is 5.78. The van der Waals surface area contributed by atoms with E-state index < -0.39 is 0 Å². The molecule has 1 aliphatic rings. The molecule has 1 saturated carbocycles. The summed E-state index contributed by atoms with van der Waals surface area (Å²) in [6, 6.07) is 6.14. The van der Waals surface area contributed by atoms with Crippen LogP contribution in [0.5, 0.6) is 11.5 Å². The van der Waals surface area contributed by atoms with Crippen LogP contribution in [0, 0.1) is 5.92 Å². The number of benzene rings is 1. The third-order valence-electron chi connectivity index (χ3n) is 3.21. The first-order chi connectivity index (χ1) is 7.69. The van der Waals surface area contributed by atoms with E-state index in [0.29, 0.717) is 11.8 Å². The number of phenolic OH excluding ortho intramolecular Hbond substituents is 1. The van der Waals surface area contributed by atoms with Crippen molar-refractivity contribution in [3.8, 4) is 11.5 Å². The Bertz CT molecular complexity index is 359. The van der Waals surface area contributed by atoms with Gasteiger partial charge in [0.15, 0.2) is 11.5 Å². The standard InChI is InChI=1S/C13H19NO2/c1-9-5-11(6-9)14-8-10-3-4-12(15)13(7-10)16-2/h3-4,7,9,11,14-15H,5-6,8H2,1-2H3. The molecule has 2 N–H and O–H groups in total. The van der Waals surface area contributed by atoms with E-state index >= 15 is 0 Å². The second-order valence-electron chi connectivity index (χ2n) is 4.66. The highest BCUT2D eigenvalue weighted by molar-refractivity contribution is 5.41. The Kier molecular flexibility index (Phi) is 3.34. The fourth-order valence-electron chi connectivity index (χ4n) is 2.16. The number of methoxy groups -OCH3 is 1. The Morgan fingerprint density at radius 3 is 2.81 bits per heavy atom. The van der Waals surface area contributed by atoms with Gasteiger partial charge < -0.3 is 15.2 Å². The molecule has 0 amide bonds. The average molecular weight is 221 g/mol. The monoisotopic (exact) mass is 221 g/mol. The molecular formula is C13H19NO2. The molecule has 0 radical (unpaired) electrons. The van der Waals surface area contributed by atoms with E-state index in [4.69, 9.17) is 4.74 Å². The van der Waals surface area contributed by atoms with Crippen molar-refractivity contribution in [3.05, 3.63) is 23.8 Å². The van der Waals surface area contributed by atoms with Crippen LogP contribution in [0.25, 0.3) is 0 Å². The van der Waals surface area contributed by atoms with Gasteiger partial charge in [0.1, 0.15) is 0 Å². The maximum atomic E-state index is 9.46. The molecule has 0 heterocycles. The quantitative estimate of drug-likeness (QED) is 0.819. The van der Waals surface area contributed by atoms with Crippen LogP contribution in [-0.4, -0.2) is 18.3 Å². The summed E-state index contributed by atoms with van der Waals surface area (Å²) in [6.07, 6.45) is 2.55. The highest BCUT2D eigenvalue weighted by atomic mass is 16.5. The Balaban J connectivity index is 1.89. The number of rotatable bonds is 4. The fraction of sp³-hybridized carbons (Fsp3) is 0.538. The van der Waals surface area contributed by atoms with Gasteiger partial charge in [-0.05, 0) is 36.5 Å². The molecule has 16 heavy (non-hydrogen) atoms. The lowest BCUT2D eigenvalue weighted by Gasteiger charge is -2.33. The molecule has 0 aromatic heterocycles. The zero-order valence-corrected chi connectivity index (χ0v) is 9.86. The van der Waals surface area contributed by atoms with Crippen LogP contribution < -0.4 is 10.1 Å². The Morgan fingerprint density at radius 1 is 1.44 bits per heavy atom. The first kappa shape index (κ1) is 11.3. The predicted octanol–water partition coefficient (Wildman–Crippen LogP) is 2.29. The fourth-order valence-corrected chi connectivity index (χ4v) is 2.16. The normalized spacial score (nSPS) is 23.9. The molecule has 1 aromatic carbocycles. The molecule has 0 bridgehead atoms. The highest BCUT2D eigenvalue weighted by Gasteiger charge is 2.24. The number of phenols is 1. The number of aromatic hydroxyl groups is 1. The Labute approximate surface area is 96.4 Å². The van der Waals surface area contributed by atoms with E-state index in [0.717, 1.165) is 18.0 Å². The van der Waals surface area contributed by atoms with Crippen molar-refractivity contribution < 1.29 is 9.84 Å². The van der Waals surface area contributed by atoms with Gasteiger partial charge in [-0.15, -0.1) is 0 Å². The van der Waals surface area contributed by atoms with Gasteiger partial charge in [0.25, 0.3) is 0 Å². The summed E-state index contributed by atoms with van der Waals surface area (Å²) in [5, 5.41) is 13.0. The second-order valence-corrected chi connectivity index (χ2v) is 4.66. The van der Waals surface area contributed by atoms with Gasteiger partial charge in [-0.25, -0.2) is 0 Å². The minimum absolute atomic E-state index is 0.198. The molecular weight excluding hydrogens is 202 g/mol. The van der Waals surface area contributed by atoms with E-state index in [1.807, 2.05) is 12.1 Å². The molecule has 0 unspecified atom stereocenters. The molecule has 1 aromatic rings. The van der Waals surface area contributed by atoms with E-state index in [9.17, 15) is 5.11 Å². The number of hydrogen-bond donors (Lipinski definition) is 2. The third kappa shape index (κ3) is 2.47. The molecule has 2 rings (SSSR count). The van der Waals surface area contributed by atoms with Crippen molar-refractivity contribution in [1.29, 1.82) is 0 Å². The number of ether oxygens (including phenoxy) is 1. The molecule has 0 saturated heterocycles. The zero-order chi connectivity index (χ0) is 11.5. The van der Waals surface area contributed by atoms with Crippen molar-refractivity contribution in [1.82, 2.24) is 5.32 Å². The van der Waals surface area contributed by atoms with E-state index in [-0.39, 0.29) is 5.75 Å². The van der Waals surface area contributed by atoms with Gasteiger partial charge in [-0.3, -0.25) is 0 Å². The van der Waals surface area contributed by atoms with Gasteiger partial charge >= 0.3 is 0 Å². The van der Waals surface area contributed by atoms with Crippen molar-refractivity contribution in [2.45, 2.75) is 32.4 Å². The van der Waals surface area contributed by atoms with Crippen LogP contribution in [0.15, 0.2) is 18.2 Å². The predicted molar refractivity (Wildman–Crippen MR) is 63.7 cm³/mol. The molecule has 0 spiro atoms. The summed E-state index contributed by atoms with van der Waals surface area (Å²) in [7, 11) is 1.57. The van der Waals surface area contributed by atoms with Gasteiger partial charge in [-0.1, -0.05) is 13.0 Å². The third-order valence-corrected chi connectivity index (χ3v) is 3.21. The van der Waals surface area contributed by atoms with Crippen molar-refractivity contribution in [2.75, 3.05) is 7.11 Å². The first-order valence-electron chi connectivity index (χ1n) is 5.78. The minimum atomic E-state index is 0.198. The lowest BCUT2D eigenvalue weighted by atomic mass is 9.82. The van der Waals surface area contributed by atoms with E-state index in [2.05, 4.69) is 12.2 Å². The summed E-state index contributed by atoms with van der Waals surface area (Å²) in [5.41, 5.74) is 1.15. The van der Waals surface area contributed by atoms with Crippen LogP contribution in [0.4, 0.5) is 0 Å². The number of hydrogen-bond acceptors (Lipinski definition) is 3. The van der Waals surface area contributed by atoms with Crippen molar-refractivity contribution >= 4 is 0 Å². The maximum Gasteiger partial charge on any atom is 0.160 e. The molecule has 1 aliphatic carbocycles. The maximum absolute atomic E-state index is 9.46. The highest BCUT2D eigenvalue weighted by Crippen LogP contribution is 2.28. The van der Waals surface area contributed by atoms with E-state index in [1.54, 1.807) is 13.2 Å². The van der Waals surface area contributed by atoms with Crippen molar-refractivity contribution in [2.24, 2.45) is 5.92 Å². The molecule has 1 fully saturated rings. The van der Waals surface area contributed by atoms with Gasteiger partial charge in [0, 0.05) is 12.6 Å². The Morgan fingerprint density at radius 2 is 2.19 bits per heavy atom. The lowest BCUT2D eigenvalue weighted by molar-refractivity contribution is 0.240. The summed E-state index contributed by atoms with van der Waals surface area (Å²) < 4.78 is 5.07.